The second-order valence-electron chi connectivity index (χ2n) is 6.82. The molecule has 0 bridgehead atoms. The van der Waals surface area contributed by atoms with Crippen molar-refractivity contribution in [3.05, 3.63) is 59.7 Å². The number of benzene rings is 2. The molecule has 0 radical (unpaired) electrons. The summed E-state index contributed by atoms with van der Waals surface area (Å²) in [6.07, 6.45) is 3.92. The molecule has 0 aromatic heterocycles. The van der Waals surface area contributed by atoms with Crippen LogP contribution in [0.4, 0.5) is 0 Å². The lowest BCUT2D eigenvalue weighted by atomic mass is 9.77. The zero-order chi connectivity index (χ0) is 17.1. The molecule has 0 saturated heterocycles. The molecule has 2 aromatic rings. The van der Waals surface area contributed by atoms with Crippen molar-refractivity contribution in [2.24, 2.45) is 0 Å². The van der Waals surface area contributed by atoms with Gasteiger partial charge in [-0.05, 0) is 36.1 Å². The summed E-state index contributed by atoms with van der Waals surface area (Å²) in [6.45, 7) is 1.70. The Bertz CT molecular complexity index is 751. The lowest BCUT2D eigenvalue weighted by molar-refractivity contribution is -0.126. The Hall–Kier alpha value is -2.49. The van der Waals surface area contributed by atoms with E-state index in [-0.39, 0.29) is 5.91 Å². The fraction of sp³-hybridized carbons (Fsp3) is 0.381. The van der Waals surface area contributed by atoms with E-state index in [9.17, 15) is 4.79 Å². The van der Waals surface area contributed by atoms with Gasteiger partial charge >= 0.3 is 0 Å². The smallest absolute Gasteiger partial charge is 0.230 e. The minimum atomic E-state index is -0.454. The molecule has 130 valence electrons. The zero-order valence-electron chi connectivity index (χ0n) is 14.3. The third-order valence-corrected chi connectivity index (χ3v) is 5.28. The number of amides is 1. The number of hydrogen-bond donors (Lipinski definition) is 1. The van der Waals surface area contributed by atoms with Crippen LogP contribution in [0.15, 0.2) is 48.5 Å². The number of carbonyl (C=O) groups is 1. The molecule has 1 amide bonds. The van der Waals surface area contributed by atoms with Crippen LogP contribution in [0.3, 0.4) is 0 Å². The molecular weight excluding hydrogens is 314 g/mol. The van der Waals surface area contributed by atoms with Crippen molar-refractivity contribution < 1.29 is 14.3 Å². The van der Waals surface area contributed by atoms with Crippen LogP contribution in [0.2, 0.25) is 0 Å². The maximum absolute atomic E-state index is 13.1. The van der Waals surface area contributed by atoms with Crippen molar-refractivity contribution in [3.63, 3.8) is 0 Å². The third-order valence-electron chi connectivity index (χ3n) is 5.28. The third kappa shape index (κ3) is 3.09. The van der Waals surface area contributed by atoms with Gasteiger partial charge in [0.15, 0.2) is 11.5 Å². The molecule has 4 rings (SSSR count). The van der Waals surface area contributed by atoms with Crippen LogP contribution in [0.25, 0.3) is 0 Å². The monoisotopic (exact) mass is 337 g/mol. The molecule has 0 unspecified atom stereocenters. The highest BCUT2D eigenvalue weighted by Crippen LogP contribution is 2.44. The molecule has 0 spiro atoms. The van der Waals surface area contributed by atoms with Gasteiger partial charge in [-0.2, -0.15) is 0 Å². The van der Waals surface area contributed by atoms with Crippen LogP contribution in [0.1, 0.15) is 36.8 Å². The summed E-state index contributed by atoms with van der Waals surface area (Å²) in [5, 5.41) is 3.15. The molecule has 0 atom stereocenters. The zero-order valence-corrected chi connectivity index (χ0v) is 14.3. The highest BCUT2D eigenvalue weighted by atomic mass is 16.6. The molecule has 4 heteroatoms. The number of carbonyl (C=O) groups excluding carboxylic acids is 1. The summed E-state index contributed by atoms with van der Waals surface area (Å²) in [5.74, 6) is 1.64. The molecule has 1 N–H and O–H groups in total. The highest BCUT2D eigenvalue weighted by molar-refractivity contribution is 5.88. The molecule has 25 heavy (non-hydrogen) atoms. The van der Waals surface area contributed by atoms with Crippen molar-refractivity contribution in [2.75, 3.05) is 13.2 Å². The van der Waals surface area contributed by atoms with Gasteiger partial charge in [0.05, 0.1) is 5.41 Å². The summed E-state index contributed by atoms with van der Waals surface area (Å²) in [4.78, 5) is 13.1. The predicted octanol–water partition coefficient (Wildman–Crippen LogP) is 3.59. The molecule has 1 saturated carbocycles. The van der Waals surface area contributed by atoms with E-state index in [0.29, 0.717) is 19.8 Å². The second kappa shape index (κ2) is 6.79. The van der Waals surface area contributed by atoms with E-state index in [4.69, 9.17) is 9.47 Å². The SMILES string of the molecule is O=C(NCc1ccccc1)C1(c2ccc3c(c2)OCCO3)CCCC1. The van der Waals surface area contributed by atoms with Crippen molar-refractivity contribution >= 4 is 5.91 Å². The Morgan fingerprint density at radius 1 is 0.960 bits per heavy atom. The summed E-state index contributed by atoms with van der Waals surface area (Å²) in [6, 6.07) is 16.0. The van der Waals surface area contributed by atoms with E-state index in [1.807, 2.05) is 48.5 Å². The van der Waals surface area contributed by atoms with E-state index < -0.39 is 5.41 Å². The van der Waals surface area contributed by atoms with Gasteiger partial charge in [-0.15, -0.1) is 0 Å². The largest absolute Gasteiger partial charge is 0.486 e. The maximum Gasteiger partial charge on any atom is 0.230 e. The lowest BCUT2D eigenvalue weighted by Crippen LogP contribution is -2.42. The summed E-state index contributed by atoms with van der Waals surface area (Å²) in [7, 11) is 0. The van der Waals surface area contributed by atoms with Gasteiger partial charge in [-0.25, -0.2) is 0 Å². The normalized spacial score (nSPS) is 17.9. The number of nitrogens with one attached hydrogen (secondary N) is 1. The molecular formula is C21H23NO3. The van der Waals surface area contributed by atoms with Crippen LogP contribution in [-0.4, -0.2) is 19.1 Å². The standard InChI is InChI=1S/C21H23NO3/c23-20(22-15-16-6-2-1-3-7-16)21(10-4-5-11-21)17-8-9-18-19(14-17)25-13-12-24-18/h1-3,6-9,14H,4-5,10-13,15H2,(H,22,23). The van der Waals surface area contributed by atoms with E-state index in [0.717, 1.165) is 48.3 Å². The Morgan fingerprint density at radius 2 is 1.68 bits per heavy atom. The first kappa shape index (κ1) is 16.0. The quantitative estimate of drug-likeness (QED) is 0.927. The van der Waals surface area contributed by atoms with Crippen LogP contribution in [0.5, 0.6) is 11.5 Å². The number of ether oxygens (including phenoxy) is 2. The molecule has 1 heterocycles. The average molecular weight is 337 g/mol. The first-order valence-electron chi connectivity index (χ1n) is 9.00. The van der Waals surface area contributed by atoms with Crippen LogP contribution < -0.4 is 14.8 Å². The number of fused-ring (bicyclic) bond motifs is 1. The van der Waals surface area contributed by atoms with Crippen molar-refractivity contribution in [1.82, 2.24) is 5.32 Å². The maximum atomic E-state index is 13.1. The minimum Gasteiger partial charge on any atom is -0.486 e. The fourth-order valence-corrected chi connectivity index (χ4v) is 3.91. The summed E-state index contributed by atoms with van der Waals surface area (Å²) in [5.41, 5.74) is 1.70. The van der Waals surface area contributed by atoms with Crippen molar-refractivity contribution in [3.8, 4) is 11.5 Å². The summed E-state index contributed by atoms with van der Waals surface area (Å²) >= 11 is 0. The van der Waals surface area contributed by atoms with Gasteiger partial charge in [-0.1, -0.05) is 49.2 Å². The number of hydrogen-bond acceptors (Lipinski definition) is 3. The Kier molecular flexibility index (Phi) is 4.35. The van der Waals surface area contributed by atoms with Gasteiger partial charge in [0, 0.05) is 6.54 Å². The lowest BCUT2D eigenvalue weighted by Gasteiger charge is -2.30. The Balaban J connectivity index is 1.58. The van der Waals surface area contributed by atoms with E-state index >= 15 is 0 Å². The molecule has 2 aromatic carbocycles. The molecule has 1 aliphatic carbocycles. The van der Waals surface area contributed by atoms with Crippen LogP contribution >= 0.6 is 0 Å². The Morgan fingerprint density at radius 3 is 2.44 bits per heavy atom. The van der Waals surface area contributed by atoms with E-state index in [2.05, 4.69) is 5.32 Å². The summed E-state index contributed by atoms with van der Waals surface area (Å²) < 4.78 is 11.3. The molecule has 2 aliphatic rings. The van der Waals surface area contributed by atoms with Gasteiger partial charge in [0.25, 0.3) is 0 Å². The fourth-order valence-electron chi connectivity index (χ4n) is 3.91. The van der Waals surface area contributed by atoms with Gasteiger partial charge in [-0.3, -0.25) is 4.79 Å². The van der Waals surface area contributed by atoms with E-state index in [1.165, 1.54) is 0 Å². The topological polar surface area (TPSA) is 47.6 Å². The van der Waals surface area contributed by atoms with E-state index in [1.54, 1.807) is 0 Å². The molecule has 4 nitrogen and oxygen atoms in total. The van der Waals surface area contributed by atoms with Crippen LogP contribution in [0, 0.1) is 0 Å². The predicted molar refractivity (Wildman–Crippen MR) is 95.9 cm³/mol. The second-order valence-corrected chi connectivity index (χ2v) is 6.82. The minimum absolute atomic E-state index is 0.116. The first-order valence-corrected chi connectivity index (χ1v) is 9.00. The van der Waals surface area contributed by atoms with Crippen molar-refractivity contribution in [2.45, 2.75) is 37.6 Å². The first-order chi connectivity index (χ1) is 12.3. The molecule has 1 aliphatic heterocycles. The highest BCUT2D eigenvalue weighted by Gasteiger charge is 2.43. The van der Waals surface area contributed by atoms with Gasteiger partial charge in [0.1, 0.15) is 13.2 Å². The van der Waals surface area contributed by atoms with Gasteiger partial charge in [0.2, 0.25) is 5.91 Å². The number of rotatable bonds is 4. The van der Waals surface area contributed by atoms with Crippen LogP contribution in [-0.2, 0) is 16.8 Å². The Labute approximate surface area is 148 Å². The average Bonchev–Trinajstić information content (AvgIpc) is 3.18. The van der Waals surface area contributed by atoms with Crippen molar-refractivity contribution in [1.29, 1.82) is 0 Å². The van der Waals surface area contributed by atoms with Gasteiger partial charge < -0.3 is 14.8 Å². The molecule has 1 fully saturated rings.